The van der Waals surface area contributed by atoms with Gasteiger partial charge in [0.05, 0.1) is 17.8 Å². The molecule has 0 aromatic carbocycles. The Morgan fingerprint density at radius 2 is 1.75 bits per heavy atom. The van der Waals surface area contributed by atoms with Gasteiger partial charge in [-0.3, -0.25) is 24.9 Å². The number of nitrogens with zero attached hydrogens (tertiary/aromatic N) is 2. The topological polar surface area (TPSA) is 72.0 Å². The van der Waals surface area contributed by atoms with Crippen molar-refractivity contribution in [2.45, 2.75) is 25.6 Å². The first-order valence-electron chi connectivity index (χ1n) is 4.72. The molecule has 0 saturated carbocycles. The van der Waals surface area contributed by atoms with Crippen LogP contribution < -0.4 is 5.32 Å². The van der Waals surface area contributed by atoms with E-state index >= 15 is 0 Å². The summed E-state index contributed by atoms with van der Waals surface area (Å²) in [6.07, 6.45) is 3.64. The molecule has 1 aromatic heterocycles. The number of hydrogen-bond acceptors (Lipinski definition) is 4. The van der Waals surface area contributed by atoms with Crippen molar-refractivity contribution in [3.05, 3.63) is 23.8 Å². The monoisotopic (exact) mass is 241 g/mol. The molecule has 2 rings (SSSR count). The fraction of sp³-hybridized carbons (Fsp3) is 0.400. The van der Waals surface area contributed by atoms with Crippen molar-refractivity contribution in [3.8, 4) is 0 Å². The van der Waals surface area contributed by atoms with E-state index in [4.69, 9.17) is 11.6 Å². The van der Waals surface area contributed by atoms with E-state index in [1.54, 1.807) is 12.4 Å². The second-order valence-corrected chi connectivity index (χ2v) is 3.91. The summed E-state index contributed by atoms with van der Waals surface area (Å²) < 4.78 is 0. The highest BCUT2D eigenvalue weighted by Gasteiger charge is 2.27. The van der Waals surface area contributed by atoms with Gasteiger partial charge in [-0.1, -0.05) is 0 Å². The molecule has 1 N–H and O–H groups in total. The average molecular weight is 242 g/mol. The van der Waals surface area contributed by atoms with Crippen LogP contribution in [0.4, 0.5) is 0 Å². The van der Waals surface area contributed by atoms with Crippen molar-refractivity contribution in [2.75, 3.05) is 0 Å². The van der Waals surface area contributed by atoms with Crippen LogP contribution in [-0.2, 0) is 9.59 Å². The molecule has 86 valence electrons. The second-order valence-electron chi connectivity index (χ2n) is 3.38. The predicted molar refractivity (Wildman–Crippen MR) is 58.9 cm³/mol. The first kappa shape index (κ1) is 12.6. The Morgan fingerprint density at radius 3 is 1.94 bits per heavy atom. The Kier molecular flexibility index (Phi) is 4.37. The van der Waals surface area contributed by atoms with Crippen molar-refractivity contribution >= 4 is 23.4 Å². The SMILES string of the molecule is Cc1cnc(C)cn1.O=C1CC(Cl)C(=O)N1. The second kappa shape index (κ2) is 5.55. The first-order chi connectivity index (χ1) is 7.49. The average Bonchev–Trinajstić information content (AvgIpc) is 2.50. The Balaban J connectivity index is 0.000000160. The van der Waals surface area contributed by atoms with Crippen LogP contribution >= 0.6 is 11.6 Å². The minimum atomic E-state index is -0.637. The maximum absolute atomic E-state index is 10.3. The zero-order chi connectivity index (χ0) is 12.1. The fourth-order valence-electron chi connectivity index (χ4n) is 0.979. The van der Waals surface area contributed by atoms with Crippen LogP contribution in [0.5, 0.6) is 0 Å². The van der Waals surface area contributed by atoms with E-state index in [9.17, 15) is 9.59 Å². The highest BCUT2D eigenvalue weighted by atomic mass is 35.5. The van der Waals surface area contributed by atoms with E-state index in [1.807, 2.05) is 13.8 Å². The van der Waals surface area contributed by atoms with E-state index in [0.717, 1.165) is 11.4 Å². The molecule has 0 bridgehead atoms. The maximum atomic E-state index is 10.3. The molecule has 16 heavy (non-hydrogen) atoms. The van der Waals surface area contributed by atoms with Gasteiger partial charge in [-0.15, -0.1) is 11.6 Å². The molecule has 0 spiro atoms. The molecule has 5 nitrogen and oxygen atoms in total. The number of carbonyl (C=O) groups excluding carboxylic acids is 2. The van der Waals surface area contributed by atoms with E-state index < -0.39 is 5.38 Å². The van der Waals surface area contributed by atoms with Gasteiger partial charge in [0.25, 0.3) is 0 Å². The quantitative estimate of drug-likeness (QED) is 0.537. The number of rotatable bonds is 0. The first-order valence-corrected chi connectivity index (χ1v) is 5.15. The van der Waals surface area contributed by atoms with E-state index in [-0.39, 0.29) is 18.2 Å². The van der Waals surface area contributed by atoms with Gasteiger partial charge >= 0.3 is 0 Å². The van der Waals surface area contributed by atoms with Gasteiger partial charge in [0.1, 0.15) is 5.38 Å². The fourth-order valence-corrected chi connectivity index (χ4v) is 1.17. The van der Waals surface area contributed by atoms with E-state index in [0.29, 0.717) is 0 Å². The van der Waals surface area contributed by atoms with Gasteiger partial charge < -0.3 is 0 Å². The van der Waals surface area contributed by atoms with Gasteiger partial charge in [-0.25, -0.2) is 0 Å². The summed E-state index contributed by atoms with van der Waals surface area (Å²) in [7, 11) is 0. The lowest BCUT2D eigenvalue weighted by Crippen LogP contribution is -2.21. The van der Waals surface area contributed by atoms with E-state index in [2.05, 4.69) is 15.3 Å². The highest BCUT2D eigenvalue weighted by Crippen LogP contribution is 2.07. The summed E-state index contributed by atoms with van der Waals surface area (Å²) in [5, 5.41) is 1.42. The Labute approximate surface area is 98.2 Å². The van der Waals surface area contributed by atoms with Crippen LogP contribution in [0.1, 0.15) is 17.8 Å². The maximum Gasteiger partial charge on any atom is 0.245 e. The highest BCUT2D eigenvalue weighted by molar-refractivity contribution is 6.35. The number of carbonyl (C=O) groups is 2. The Hall–Kier alpha value is -1.49. The summed E-state index contributed by atoms with van der Waals surface area (Å²) in [6.45, 7) is 3.85. The van der Waals surface area contributed by atoms with E-state index in [1.165, 1.54) is 0 Å². The third-order valence-electron chi connectivity index (χ3n) is 1.82. The molecule has 1 aliphatic heterocycles. The van der Waals surface area contributed by atoms with Crippen molar-refractivity contribution in [2.24, 2.45) is 0 Å². The van der Waals surface area contributed by atoms with Crippen LogP contribution in [0.25, 0.3) is 0 Å². The van der Waals surface area contributed by atoms with Crippen LogP contribution in [0, 0.1) is 13.8 Å². The number of alkyl halides is 1. The number of hydrogen-bond donors (Lipinski definition) is 1. The molecule has 1 aliphatic rings. The number of amides is 2. The summed E-state index contributed by atoms with van der Waals surface area (Å²) >= 11 is 5.32. The zero-order valence-corrected chi connectivity index (χ0v) is 9.78. The molecule has 1 saturated heterocycles. The van der Waals surface area contributed by atoms with Crippen LogP contribution in [0.2, 0.25) is 0 Å². The third-order valence-corrected chi connectivity index (χ3v) is 2.17. The third kappa shape index (κ3) is 3.94. The molecule has 1 atom stereocenters. The van der Waals surface area contributed by atoms with Crippen LogP contribution in [0.15, 0.2) is 12.4 Å². The minimum Gasteiger partial charge on any atom is -0.295 e. The van der Waals surface area contributed by atoms with Gasteiger partial charge in [0.2, 0.25) is 11.8 Å². The Bertz CT molecular complexity index is 371. The predicted octanol–water partition coefficient (Wildman–Crippen LogP) is 0.734. The summed E-state index contributed by atoms with van der Waals surface area (Å²) in [5.41, 5.74) is 1.94. The lowest BCUT2D eigenvalue weighted by Gasteiger charge is -1.88. The smallest absolute Gasteiger partial charge is 0.245 e. The van der Waals surface area contributed by atoms with Gasteiger partial charge in [0, 0.05) is 12.4 Å². The standard InChI is InChI=1S/C6H8N2.C4H4ClNO2/c1-5-3-8-6(2)4-7-5;5-2-1-3(7)6-4(2)8/h3-4H,1-2H3;2H,1H2,(H,6,7,8). The van der Waals surface area contributed by atoms with Crippen LogP contribution in [0.3, 0.4) is 0 Å². The van der Waals surface area contributed by atoms with Gasteiger partial charge in [-0.2, -0.15) is 0 Å². The molecule has 0 aliphatic carbocycles. The lowest BCUT2D eigenvalue weighted by molar-refractivity contribution is -0.124. The normalized spacial score (nSPS) is 18.8. The largest absolute Gasteiger partial charge is 0.295 e. The molecule has 1 unspecified atom stereocenters. The molecule has 1 fully saturated rings. The van der Waals surface area contributed by atoms with Crippen LogP contribution in [-0.4, -0.2) is 27.2 Å². The van der Waals surface area contributed by atoms with Crippen molar-refractivity contribution in [3.63, 3.8) is 0 Å². The molecule has 2 amide bonds. The zero-order valence-electron chi connectivity index (χ0n) is 9.03. The molecule has 1 aromatic rings. The summed E-state index contributed by atoms with van der Waals surface area (Å²) in [6, 6.07) is 0. The van der Waals surface area contributed by atoms with Crippen molar-refractivity contribution in [1.29, 1.82) is 0 Å². The lowest BCUT2D eigenvalue weighted by atomic mass is 10.4. The molecule has 6 heteroatoms. The molecular formula is C10H12ClN3O2. The van der Waals surface area contributed by atoms with Gasteiger partial charge in [0.15, 0.2) is 0 Å². The number of aromatic nitrogens is 2. The Morgan fingerprint density at radius 1 is 1.25 bits per heavy atom. The van der Waals surface area contributed by atoms with Crippen molar-refractivity contribution < 1.29 is 9.59 Å². The number of nitrogens with one attached hydrogen (secondary N) is 1. The summed E-state index contributed by atoms with van der Waals surface area (Å²) in [4.78, 5) is 28.6. The molecule has 0 radical (unpaired) electrons. The number of aryl methyl sites for hydroxylation is 2. The van der Waals surface area contributed by atoms with Gasteiger partial charge in [-0.05, 0) is 13.8 Å². The minimum absolute atomic E-state index is 0.125. The number of imide groups is 1. The summed E-state index contributed by atoms with van der Waals surface area (Å²) in [5.74, 6) is -0.660. The molecule has 2 heterocycles. The number of halogens is 1. The van der Waals surface area contributed by atoms with Crippen molar-refractivity contribution in [1.82, 2.24) is 15.3 Å². The molecular weight excluding hydrogens is 230 g/mol.